The number of nitrogens with one attached hydrogen (secondary N) is 1. The molecule has 1 aliphatic heterocycles. The summed E-state index contributed by atoms with van der Waals surface area (Å²) in [6, 6.07) is 3.98. The van der Waals surface area contributed by atoms with Gasteiger partial charge in [0.1, 0.15) is 17.8 Å². The van der Waals surface area contributed by atoms with Crippen LogP contribution in [-0.4, -0.2) is 50.9 Å². The van der Waals surface area contributed by atoms with Gasteiger partial charge in [0.25, 0.3) is 5.91 Å². The Hall–Kier alpha value is -1.93. The van der Waals surface area contributed by atoms with Crippen LogP contribution in [0.15, 0.2) is 29.1 Å². The van der Waals surface area contributed by atoms with Gasteiger partial charge >= 0.3 is 0 Å². The molecule has 1 aliphatic carbocycles. The fraction of sp³-hybridized carbons (Fsp3) is 0.389. The summed E-state index contributed by atoms with van der Waals surface area (Å²) in [6.45, 7) is 4.38. The lowest BCUT2D eigenvalue weighted by atomic mass is 10.1. The number of amides is 1. The monoisotopic (exact) mass is 431 g/mol. The summed E-state index contributed by atoms with van der Waals surface area (Å²) in [6.07, 6.45) is 5.62. The van der Waals surface area contributed by atoms with E-state index >= 15 is 0 Å². The van der Waals surface area contributed by atoms with Crippen LogP contribution in [0.1, 0.15) is 27.4 Å². The number of carbonyl (C=O) groups excluding carboxylic acids is 1. The van der Waals surface area contributed by atoms with Crippen molar-refractivity contribution in [3.05, 3.63) is 38.9 Å². The molecule has 0 unspecified atom stereocenters. The molecule has 4 heterocycles. The van der Waals surface area contributed by atoms with Gasteiger partial charge in [0.15, 0.2) is 0 Å². The summed E-state index contributed by atoms with van der Waals surface area (Å²) in [5.41, 5.74) is 0.810. The molecule has 1 N–H and O–H groups in total. The zero-order valence-electron chi connectivity index (χ0n) is 14.3. The number of aryl methyl sites for hydroxylation is 1. The Labute approximate surface area is 163 Å². The molecule has 26 heavy (non-hydrogen) atoms. The van der Waals surface area contributed by atoms with Gasteiger partial charge in [-0.05, 0) is 47.8 Å². The Balaban J connectivity index is 1.42. The fourth-order valence-corrected chi connectivity index (χ4v) is 5.34. The second-order valence-corrected chi connectivity index (χ2v) is 9.17. The number of anilines is 1. The molecular weight excluding hydrogens is 414 g/mol. The minimum Gasteiger partial charge on any atom is -0.352 e. The highest BCUT2D eigenvalue weighted by Crippen LogP contribution is 2.46. The number of piperazine rings is 1. The molecule has 1 saturated heterocycles. The van der Waals surface area contributed by atoms with Crippen molar-refractivity contribution in [3.8, 4) is 0 Å². The van der Waals surface area contributed by atoms with E-state index in [2.05, 4.69) is 40.7 Å². The quantitative estimate of drug-likeness (QED) is 0.673. The summed E-state index contributed by atoms with van der Waals surface area (Å²) < 4.78 is 1.02. The van der Waals surface area contributed by atoms with Gasteiger partial charge in [-0.3, -0.25) is 4.79 Å². The normalized spacial score (nSPS) is 18.7. The topological polar surface area (TPSA) is 65.1 Å². The van der Waals surface area contributed by atoms with Gasteiger partial charge < -0.3 is 14.8 Å². The van der Waals surface area contributed by atoms with Crippen molar-refractivity contribution in [1.82, 2.24) is 19.9 Å². The number of rotatable bonds is 2. The minimum absolute atomic E-state index is 0.0483. The summed E-state index contributed by atoms with van der Waals surface area (Å²) in [7, 11) is 0. The van der Waals surface area contributed by atoms with E-state index in [4.69, 9.17) is 0 Å². The van der Waals surface area contributed by atoms with Crippen molar-refractivity contribution in [3.63, 3.8) is 0 Å². The number of fused-ring (bicyclic) bond motifs is 1. The molecule has 3 aromatic rings. The van der Waals surface area contributed by atoms with Crippen LogP contribution in [0.4, 0.5) is 5.82 Å². The number of halogens is 1. The van der Waals surface area contributed by atoms with Crippen LogP contribution < -0.4 is 4.90 Å². The van der Waals surface area contributed by atoms with Crippen molar-refractivity contribution in [2.45, 2.75) is 25.3 Å². The maximum absolute atomic E-state index is 13.1. The molecule has 2 aliphatic rings. The lowest BCUT2D eigenvalue weighted by Gasteiger charge is -2.42. The van der Waals surface area contributed by atoms with Crippen LogP contribution in [0.2, 0.25) is 0 Å². The minimum atomic E-state index is -0.0483. The lowest BCUT2D eigenvalue weighted by Crippen LogP contribution is -2.57. The average molecular weight is 432 g/mol. The zero-order chi connectivity index (χ0) is 17.9. The first-order chi connectivity index (χ1) is 12.6. The van der Waals surface area contributed by atoms with Crippen LogP contribution in [0, 0.1) is 6.92 Å². The van der Waals surface area contributed by atoms with Gasteiger partial charge in [-0.15, -0.1) is 11.3 Å². The molecule has 0 atom stereocenters. The van der Waals surface area contributed by atoms with E-state index in [1.54, 1.807) is 17.7 Å². The van der Waals surface area contributed by atoms with Gasteiger partial charge in [0.2, 0.25) is 0 Å². The second kappa shape index (κ2) is 5.79. The van der Waals surface area contributed by atoms with E-state index in [0.29, 0.717) is 0 Å². The fourth-order valence-electron chi connectivity index (χ4n) is 3.86. The number of carbonyl (C=O) groups is 1. The summed E-state index contributed by atoms with van der Waals surface area (Å²) in [5.74, 6) is 1.12. The standard InChI is InChI=1S/C18H18BrN5OS/c1-11-13(19)8-14(26-11)17(25)24-7-6-23(9-18(24)3-4-18)16-12-2-5-20-15(12)21-10-22-16/h2,5,8,10H,3-4,6-7,9H2,1H3,(H,20,21,22). The van der Waals surface area contributed by atoms with E-state index in [1.807, 2.05) is 25.3 Å². The molecule has 0 bridgehead atoms. The highest BCUT2D eigenvalue weighted by atomic mass is 79.9. The molecule has 134 valence electrons. The van der Waals surface area contributed by atoms with E-state index in [1.165, 1.54) is 0 Å². The van der Waals surface area contributed by atoms with Crippen molar-refractivity contribution in [1.29, 1.82) is 0 Å². The molecule has 1 amide bonds. The Morgan fingerprint density at radius 1 is 1.35 bits per heavy atom. The van der Waals surface area contributed by atoms with Gasteiger partial charge in [-0.2, -0.15) is 0 Å². The van der Waals surface area contributed by atoms with Crippen LogP contribution in [0.5, 0.6) is 0 Å². The first kappa shape index (κ1) is 16.3. The molecule has 0 radical (unpaired) electrons. The van der Waals surface area contributed by atoms with Gasteiger partial charge in [-0.25, -0.2) is 9.97 Å². The predicted octanol–water partition coefficient (Wildman–Crippen LogP) is 3.59. The van der Waals surface area contributed by atoms with Crippen LogP contribution in [-0.2, 0) is 0 Å². The van der Waals surface area contributed by atoms with E-state index < -0.39 is 0 Å². The van der Waals surface area contributed by atoms with Gasteiger partial charge in [0, 0.05) is 35.2 Å². The third-order valence-corrected chi connectivity index (χ3v) is 7.55. The molecular formula is C18H18BrN5OS. The third kappa shape index (κ3) is 2.46. The van der Waals surface area contributed by atoms with E-state index in [0.717, 1.165) is 63.6 Å². The number of aromatic amines is 1. The van der Waals surface area contributed by atoms with Gasteiger partial charge in [-0.1, -0.05) is 0 Å². The predicted molar refractivity (Wildman–Crippen MR) is 106 cm³/mol. The zero-order valence-corrected chi connectivity index (χ0v) is 16.7. The van der Waals surface area contributed by atoms with Crippen LogP contribution in [0.25, 0.3) is 11.0 Å². The SMILES string of the molecule is Cc1sc(C(=O)N2CCN(c3ncnc4[nH]ccc34)CC23CC3)cc1Br. The smallest absolute Gasteiger partial charge is 0.264 e. The third-order valence-electron chi connectivity index (χ3n) is 5.42. The van der Waals surface area contributed by atoms with Crippen molar-refractivity contribution >= 4 is 50.0 Å². The first-order valence-electron chi connectivity index (χ1n) is 8.68. The number of aromatic nitrogens is 3. The van der Waals surface area contributed by atoms with Gasteiger partial charge in [0.05, 0.1) is 15.8 Å². The van der Waals surface area contributed by atoms with Crippen LogP contribution in [0.3, 0.4) is 0 Å². The highest BCUT2D eigenvalue weighted by Gasteiger charge is 2.53. The molecule has 0 aromatic carbocycles. The Morgan fingerprint density at radius 3 is 2.92 bits per heavy atom. The maximum Gasteiger partial charge on any atom is 0.264 e. The first-order valence-corrected chi connectivity index (χ1v) is 10.3. The second-order valence-electron chi connectivity index (χ2n) is 7.05. The summed E-state index contributed by atoms with van der Waals surface area (Å²) in [5, 5.41) is 1.04. The summed E-state index contributed by atoms with van der Waals surface area (Å²) >= 11 is 5.09. The lowest BCUT2D eigenvalue weighted by molar-refractivity contribution is 0.0629. The molecule has 2 fully saturated rings. The molecule has 5 rings (SSSR count). The largest absolute Gasteiger partial charge is 0.352 e. The number of hydrogen-bond acceptors (Lipinski definition) is 5. The molecule has 6 nitrogen and oxygen atoms in total. The molecule has 8 heteroatoms. The van der Waals surface area contributed by atoms with E-state index in [-0.39, 0.29) is 11.4 Å². The molecule has 1 saturated carbocycles. The maximum atomic E-state index is 13.1. The van der Waals surface area contributed by atoms with Crippen molar-refractivity contribution in [2.75, 3.05) is 24.5 Å². The van der Waals surface area contributed by atoms with Crippen molar-refractivity contribution in [2.24, 2.45) is 0 Å². The highest BCUT2D eigenvalue weighted by molar-refractivity contribution is 9.10. The Kier molecular flexibility index (Phi) is 3.62. The van der Waals surface area contributed by atoms with E-state index in [9.17, 15) is 4.79 Å². The Morgan fingerprint density at radius 2 is 2.19 bits per heavy atom. The number of hydrogen-bond donors (Lipinski definition) is 1. The van der Waals surface area contributed by atoms with Crippen molar-refractivity contribution < 1.29 is 4.79 Å². The summed E-state index contributed by atoms with van der Waals surface area (Å²) in [4.78, 5) is 31.4. The number of nitrogens with zero attached hydrogens (tertiary/aromatic N) is 4. The number of thiophene rings is 1. The average Bonchev–Trinajstić information content (AvgIpc) is 3.08. The number of H-pyrrole nitrogens is 1. The Bertz CT molecular complexity index is 989. The molecule has 3 aromatic heterocycles. The van der Waals surface area contributed by atoms with Crippen LogP contribution >= 0.6 is 27.3 Å². The molecule has 1 spiro atoms.